The molecule has 1 aromatic rings. The minimum Gasteiger partial charge on any atom is -0.481 e. The molecule has 1 unspecified atom stereocenters. The fraction of sp³-hybridized carbons (Fsp3) is 0.500. The van der Waals surface area contributed by atoms with Crippen molar-refractivity contribution in [2.24, 2.45) is 5.92 Å². The lowest BCUT2D eigenvalue weighted by Gasteiger charge is -2.21. The molecule has 21 heavy (non-hydrogen) atoms. The molecule has 7 heteroatoms. The van der Waals surface area contributed by atoms with Crippen molar-refractivity contribution in [1.82, 2.24) is 4.72 Å². The van der Waals surface area contributed by atoms with E-state index in [4.69, 9.17) is 5.11 Å². The first-order valence-electron chi connectivity index (χ1n) is 6.70. The number of aliphatic carboxylic acids is 1. The highest BCUT2D eigenvalue weighted by molar-refractivity contribution is 7.89. The first-order chi connectivity index (χ1) is 9.63. The Morgan fingerprint density at radius 3 is 2.19 bits per heavy atom. The van der Waals surface area contributed by atoms with E-state index in [1.807, 2.05) is 0 Å². The highest BCUT2D eigenvalue weighted by Gasteiger charge is 2.17. The van der Waals surface area contributed by atoms with Crippen LogP contribution in [0.2, 0.25) is 0 Å². The van der Waals surface area contributed by atoms with E-state index in [0.717, 1.165) is 5.69 Å². The molecule has 0 saturated carbocycles. The van der Waals surface area contributed by atoms with Crippen LogP contribution in [0.5, 0.6) is 0 Å². The number of benzene rings is 1. The van der Waals surface area contributed by atoms with Gasteiger partial charge in [-0.15, -0.1) is 0 Å². The molecule has 1 atom stereocenters. The van der Waals surface area contributed by atoms with Crippen molar-refractivity contribution >= 4 is 21.7 Å². The molecule has 0 radical (unpaired) electrons. The van der Waals surface area contributed by atoms with Crippen LogP contribution in [0.15, 0.2) is 29.2 Å². The van der Waals surface area contributed by atoms with Crippen molar-refractivity contribution in [3.8, 4) is 0 Å². The molecule has 1 aromatic carbocycles. The standard InChI is InChI=1S/C14H22N2O4S/c1-10(2)15-21(19,20)13-7-5-12(6-8-13)16(4)9-11(3)14(17)18/h5-8,10-11,15H,9H2,1-4H3,(H,17,18). The third kappa shape index (κ3) is 5.02. The average molecular weight is 314 g/mol. The van der Waals surface area contributed by atoms with Crippen molar-refractivity contribution < 1.29 is 18.3 Å². The number of sulfonamides is 1. The number of rotatable bonds is 7. The van der Waals surface area contributed by atoms with Gasteiger partial charge in [0.2, 0.25) is 10.0 Å². The Morgan fingerprint density at radius 2 is 1.76 bits per heavy atom. The summed E-state index contributed by atoms with van der Waals surface area (Å²) in [5.74, 6) is -1.36. The Morgan fingerprint density at radius 1 is 1.24 bits per heavy atom. The molecule has 0 saturated heterocycles. The van der Waals surface area contributed by atoms with Crippen LogP contribution in [0.4, 0.5) is 5.69 Å². The van der Waals surface area contributed by atoms with Gasteiger partial charge < -0.3 is 10.0 Å². The van der Waals surface area contributed by atoms with E-state index in [1.165, 1.54) is 12.1 Å². The normalized spacial score (nSPS) is 13.2. The molecule has 0 amide bonds. The summed E-state index contributed by atoms with van der Waals surface area (Å²) in [5, 5.41) is 8.90. The van der Waals surface area contributed by atoms with Crippen LogP contribution in [0.3, 0.4) is 0 Å². The second-order valence-corrected chi connectivity index (χ2v) is 7.10. The van der Waals surface area contributed by atoms with Gasteiger partial charge >= 0.3 is 5.97 Å². The van der Waals surface area contributed by atoms with Crippen LogP contribution in [0.25, 0.3) is 0 Å². The average Bonchev–Trinajstić information content (AvgIpc) is 2.37. The Bertz CT molecular complexity index is 581. The van der Waals surface area contributed by atoms with Crippen molar-refractivity contribution in [2.75, 3.05) is 18.5 Å². The quantitative estimate of drug-likeness (QED) is 0.797. The van der Waals surface area contributed by atoms with Gasteiger partial charge in [-0.25, -0.2) is 13.1 Å². The van der Waals surface area contributed by atoms with Crippen molar-refractivity contribution in [3.05, 3.63) is 24.3 Å². The SMILES string of the molecule is CC(C)NS(=O)(=O)c1ccc(N(C)CC(C)C(=O)O)cc1. The summed E-state index contributed by atoms with van der Waals surface area (Å²) < 4.78 is 26.5. The number of carbonyl (C=O) groups is 1. The molecular weight excluding hydrogens is 292 g/mol. The lowest BCUT2D eigenvalue weighted by atomic mass is 10.1. The third-order valence-electron chi connectivity index (χ3n) is 2.95. The van der Waals surface area contributed by atoms with Crippen LogP contribution in [-0.2, 0) is 14.8 Å². The summed E-state index contributed by atoms with van der Waals surface area (Å²) in [4.78, 5) is 12.8. The predicted molar refractivity (Wildman–Crippen MR) is 82.0 cm³/mol. The topological polar surface area (TPSA) is 86.7 Å². The monoisotopic (exact) mass is 314 g/mol. The van der Waals surface area contributed by atoms with Gasteiger partial charge in [0, 0.05) is 25.3 Å². The number of hydrogen-bond acceptors (Lipinski definition) is 4. The summed E-state index contributed by atoms with van der Waals surface area (Å²) in [6.07, 6.45) is 0. The predicted octanol–water partition coefficient (Wildman–Crippen LogP) is 1.53. The first kappa shape index (κ1) is 17.5. The molecule has 0 bridgehead atoms. The van der Waals surface area contributed by atoms with E-state index in [2.05, 4.69) is 4.72 Å². The van der Waals surface area contributed by atoms with Gasteiger partial charge in [-0.2, -0.15) is 0 Å². The summed E-state index contributed by atoms with van der Waals surface area (Å²) >= 11 is 0. The summed E-state index contributed by atoms with van der Waals surface area (Å²) in [6, 6.07) is 6.20. The maximum absolute atomic E-state index is 12.0. The van der Waals surface area contributed by atoms with Gasteiger partial charge in [-0.3, -0.25) is 4.79 Å². The molecule has 0 heterocycles. The number of nitrogens with one attached hydrogen (secondary N) is 1. The van der Waals surface area contributed by atoms with Crippen molar-refractivity contribution in [1.29, 1.82) is 0 Å². The van der Waals surface area contributed by atoms with Gasteiger partial charge in [0.05, 0.1) is 10.8 Å². The molecular formula is C14H22N2O4S. The highest BCUT2D eigenvalue weighted by atomic mass is 32.2. The number of carboxylic acids is 1. The van der Waals surface area contributed by atoms with Crippen LogP contribution in [0, 0.1) is 5.92 Å². The molecule has 0 spiro atoms. The van der Waals surface area contributed by atoms with E-state index in [9.17, 15) is 13.2 Å². The number of anilines is 1. The van der Waals surface area contributed by atoms with Crippen LogP contribution < -0.4 is 9.62 Å². The molecule has 0 aliphatic rings. The van der Waals surface area contributed by atoms with E-state index in [1.54, 1.807) is 44.9 Å². The lowest BCUT2D eigenvalue weighted by Crippen LogP contribution is -2.30. The Labute approximate surface area is 125 Å². The molecule has 0 fully saturated rings. The molecule has 0 aliphatic carbocycles. The fourth-order valence-corrected chi connectivity index (χ4v) is 3.10. The highest BCUT2D eigenvalue weighted by Crippen LogP contribution is 2.18. The van der Waals surface area contributed by atoms with E-state index in [0.29, 0.717) is 6.54 Å². The van der Waals surface area contributed by atoms with E-state index in [-0.39, 0.29) is 10.9 Å². The Balaban J connectivity index is 2.85. The van der Waals surface area contributed by atoms with Gasteiger partial charge in [0.25, 0.3) is 0 Å². The minimum absolute atomic E-state index is 0.172. The molecule has 1 rings (SSSR count). The van der Waals surface area contributed by atoms with E-state index < -0.39 is 21.9 Å². The summed E-state index contributed by atoms with van der Waals surface area (Å²) in [5.41, 5.74) is 0.770. The van der Waals surface area contributed by atoms with Gasteiger partial charge in [-0.1, -0.05) is 6.92 Å². The van der Waals surface area contributed by atoms with Crippen molar-refractivity contribution in [2.45, 2.75) is 31.7 Å². The third-order valence-corrected chi connectivity index (χ3v) is 4.62. The molecule has 2 N–H and O–H groups in total. The number of nitrogens with zero attached hydrogens (tertiary/aromatic N) is 1. The van der Waals surface area contributed by atoms with Crippen LogP contribution in [-0.4, -0.2) is 39.1 Å². The number of carboxylic acid groups (broad SMARTS) is 1. The van der Waals surface area contributed by atoms with Gasteiger partial charge in [0.15, 0.2) is 0 Å². The second kappa shape index (κ2) is 6.91. The zero-order valence-electron chi connectivity index (χ0n) is 12.7. The molecule has 0 aromatic heterocycles. The minimum atomic E-state index is -3.50. The zero-order valence-corrected chi connectivity index (χ0v) is 13.5. The first-order valence-corrected chi connectivity index (χ1v) is 8.18. The maximum Gasteiger partial charge on any atom is 0.308 e. The van der Waals surface area contributed by atoms with E-state index >= 15 is 0 Å². The maximum atomic E-state index is 12.0. The van der Waals surface area contributed by atoms with Crippen LogP contribution in [0.1, 0.15) is 20.8 Å². The van der Waals surface area contributed by atoms with Crippen LogP contribution >= 0.6 is 0 Å². The second-order valence-electron chi connectivity index (χ2n) is 5.39. The largest absolute Gasteiger partial charge is 0.481 e. The Hall–Kier alpha value is -1.60. The molecule has 118 valence electrons. The summed E-state index contributed by atoms with van der Waals surface area (Å²) in [6.45, 7) is 5.50. The lowest BCUT2D eigenvalue weighted by molar-refractivity contribution is -0.140. The summed E-state index contributed by atoms with van der Waals surface area (Å²) in [7, 11) is -1.73. The van der Waals surface area contributed by atoms with Gasteiger partial charge in [0.1, 0.15) is 0 Å². The zero-order chi connectivity index (χ0) is 16.2. The Kier molecular flexibility index (Phi) is 5.74. The number of hydrogen-bond donors (Lipinski definition) is 2. The van der Waals surface area contributed by atoms with Gasteiger partial charge in [-0.05, 0) is 38.1 Å². The smallest absolute Gasteiger partial charge is 0.308 e. The molecule has 0 aliphatic heterocycles. The van der Waals surface area contributed by atoms with Crippen molar-refractivity contribution in [3.63, 3.8) is 0 Å². The molecule has 6 nitrogen and oxygen atoms in total. The fourth-order valence-electron chi connectivity index (χ4n) is 1.85.